The Morgan fingerprint density at radius 1 is 1.05 bits per heavy atom. The Balaban J connectivity index is 1.19. The molecule has 210 valence electrons. The third-order valence-corrected chi connectivity index (χ3v) is 10.8. The van der Waals surface area contributed by atoms with E-state index in [-0.39, 0.29) is 29.8 Å². The van der Waals surface area contributed by atoms with Gasteiger partial charge in [0.25, 0.3) is 5.91 Å². The lowest BCUT2D eigenvalue weighted by atomic mass is 9.46. The molecule has 7 heteroatoms. The van der Waals surface area contributed by atoms with Gasteiger partial charge in [-0.15, -0.1) is 0 Å². The molecule has 2 N–H and O–H groups in total. The Morgan fingerprint density at radius 3 is 2.54 bits per heavy atom. The molecule has 7 nitrogen and oxygen atoms in total. The minimum atomic E-state index is -1.08. The molecule has 1 aromatic rings. The molecule has 0 unspecified atom stereocenters. The predicted octanol–water partition coefficient (Wildman–Crippen LogP) is 5.34. The van der Waals surface area contributed by atoms with E-state index >= 15 is 0 Å². The molecule has 7 atom stereocenters. The number of aliphatic carboxylic acids is 1. The maximum absolute atomic E-state index is 12.4. The van der Waals surface area contributed by atoms with Crippen molar-refractivity contribution in [3.63, 3.8) is 0 Å². The molecule has 0 saturated heterocycles. The van der Waals surface area contributed by atoms with Crippen LogP contribution in [-0.2, 0) is 25.6 Å². The van der Waals surface area contributed by atoms with Gasteiger partial charge in [0, 0.05) is 12.3 Å². The molecule has 0 aliphatic heterocycles. The monoisotopic (exact) mass is 534 g/mol. The van der Waals surface area contributed by atoms with Crippen molar-refractivity contribution in [2.24, 2.45) is 39.7 Å². The van der Waals surface area contributed by atoms with E-state index in [1.165, 1.54) is 24.8 Å². The van der Waals surface area contributed by atoms with Crippen molar-refractivity contribution in [3.8, 4) is 0 Å². The minimum Gasteiger partial charge on any atom is -0.480 e. The standard InChI is InChI=1S/C32H42N2O5/c1-20(35)25-11-12-26-24-10-9-22-18-23(13-15-31(22,2)27(24)14-16-32(25,26)3)34-39-19-29(36)33-28(30(37)38)17-21-7-5-4-6-8-21/h4-8,18,24-28H,9-17,19H2,1-3H3,(H,33,36)(H,37,38)/b34-23-/t24-,25+,26-,27-,28+,31-,32+/m0/s1. The fraction of sp³-hybridized carbons (Fsp3) is 0.625. The number of amides is 1. The Morgan fingerprint density at radius 2 is 1.82 bits per heavy atom. The summed E-state index contributed by atoms with van der Waals surface area (Å²) < 4.78 is 0. The molecule has 0 aromatic heterocycles. The number of carboxylic acids is 1. The Bertz CT molecular complexity index is 1180. The van der Waals surface area contributed by atoms with Crippen molar-refractivity contribution in [3.05, 3.63) is 47.5 Å². The van der Waals surface area contributed by atoms with Crippen LogP contribution in [0.1, 0.15) is 77.7 Å². The zero-order chi connectivity index (χ0) is 27.8. The number of allylic oxidation sites excluding steroid dienone is 2. The van der Waals surface area contributed by atoms with Crippen LogP contribution in [0.15, 0.2) is 47.1 Å². The number of carbonyl (C=O) groups is 3. The number of fused-ring (bicyclic) bond motifs is 5. The number of benzene rings is 1. The third kappa shape index (κ3) is 5.29. The number of oxime groups is 1. The average molecular weight is 535 g/mol. The van der Waals surface area contributed by atoms with Gasteiger partial charge in [-0.3, -0.25) is 9.59 Å². The second-order valence-corrected chi connectivity index (χ2v) is 12.8. The van der Waals surface area contributed by atoms with Crippen LogP contribution in [0.2, 0.25) is 0 Å². The highest BCUT2D eigenvalue weighted by Gasteiger charge is 2.59. The molecule has 0 spiro atoms. The van der Waals surface area contributed by atoms with Gasteiger partial charge in [-0.1, -0.05) is 54.9 Å². The van der Waals surface area contributed by atoms with Crippen molar-refractivity contribution in [1.82, 2.24) is 5.32 Å². The molecule has 5 rings (SSSR count). The van der Waals surface area contributed by atoms with Crippen LogP contribution >= 0.6 is 0 Å². The number of Topliss-reactive ketones (excluding diaryl/α,β-unsaturated/α-hetero) is 1. The normalized spacial score (nSPS) is 35.2. The largest absolute Gasteiger partial charge is 0.480 e. The van der Waals surface area contributed by atoms with E-state index in [0.717, 1.165) is 43.4 Å². The van der Waals surface area contributed by atoms with Gasteiger partial charge in [-0.2, -0.15) is 0 Å². The van der Waals surface area contributed by atoms with Gasteiger partial charge < -0.3 is 15.3 Å². The van der Waals surface area contributed by atoms with Crippen molar-refractivity contribution >= 4 is 23.4 Å². The van der Waals surface area contributed by atoms with Gasteiger partial charge in [-0.05, 0) is 98.5 Å². The van der Waals surface area contributed by atoms with Gasteiger partial charge in [0.2, 0.25) is 0 Å². The summed E-state index contributed by atoms with van der Waals surface area (Å²) in [6.45, 7) is 6.29. The smallest absolute Gasteiger partial charge is 0.326 e. The zero-order valence-corrected chi connectivity index (χ0v) is 23.4. The lowest BCUT2D eigenvalue weighted by Gasteiger charge is -2.58. The zero-order valence-electron chi connectivity index (χ0n) is 23.4. The molecule has 3 saturated carbocycles. The summed E-state index contributed by atoms with van der Waals surface area (Å²) in [5.41, 5.74) is 3.46. The number of carbonyl (C=O) groups excluding carboxylic acids is 2. The maximum atomic E-state index is 12.4. The first-order valence-electron chi connectivity index (χ1n) is 14.6. The van der Waals surface area contributed by atoms with Crippen LogP contribution in [0.5, 0.6) is 0 Å². The van der Waals surface area contributed by atoms with E-state index in [0.29, 0.717) is 23.5 Å². The van der Waals surface area contributed by atoms with Crippen LogP contribution in [0.4, 0.5) is 0 Å². The lowest BCUT2D eigenvalue weighted by Crippen LogP contribution is -2.51. The van der Waals surface area contributed by atoms with Gasteiger partial charge in [0.15, 0.2) is 6.61 Å². The summed E-state index contributed by atoms with van der Waals surface area (Å²) in [5.74, 6) is 1.01. The van der Waals surface area contributed by atoms with E-state index in [1.54, 1.807) is 6.92 Å². The maximum Gasteiger partial charge on any atom is 0.326 e. The van der Waals surface area contributed by atoms with Gasteiger partial charge >= 0.3 is 5.97 Å². The van der Waals surface area contributed by atoms with Gasteiger partial charge in [-0.25, -0.2) is 4.79 Å². The first kappa shape index (κ1) is 27.6. The number of rotatable bonds is 8. The summed E-state index contributed by atoms with van der Waals surface area (Å²) in [6, 6.07) is 8.21. The van der Waals surface area contributed by atoms with Crippen molar-refractivity contribution in [2.75, 3.05) is 6.61 Å². The molecule has 0 radical (unpaired) electrons. The molecule has 4 aliphatic rings. The van der Waals surface area contributed by atoms with Gasteiger partial charge in [0.05, 0.1) is 5.71 Å². The summed E-state index contributed by atoms with van der Waals surface area (Å²) in [7, 11) is 0. The summed E-state index contributed by atoms with van der Waals surface area (Å²) in [6.07, 6.45) is 11.0. The van der Waals surface area contributed by atoms with E-state index in [1.807, 2.05) is 30.3 Å². The molecule has 39 heavy (non-hydrogen) atoms. The molecular formula is C32H42N2O5. The quantitative estimate of drug-likeness (QED) is 0.438. The summed E-state index contributed by atoms with van der Waals surface area (Å²) >= 11 is 0. The summed E-state index contributed by atoms with van der Waals surface area (Å²) in [4.78, 5) is 41.8. The van der Waals surface area contributed by atoms with E-state index in [9.17, 15) is 19.5 Å². The van der Waals surface area contributed by atoms with E-state index < -0.39 is 17.9 Å². The molecule has 0 bridgehead atoms. The Labute approximate surface area is 231 Å². The molecular weight excluding hydrogens is 492 g/mol. The number of hydrogen-bond acceptors (Lipinski definition) is 5. The molecule has 0 heterocycles. The van der Waals surface area contributed by atoms with Crippen LogP contribution < -0.4 is 5.32 Å². The second kappa shape index (κ2) is 10.9. The SMILES string of the molecule is CC(=O)[C@H]1CC[C@H]2[C@@H]3CCC4=C/C(=N\OCC(=O)N[C@H](Cc5ccccc5)C(=O)O)CC[C@]4(C)[C@H]3CC[C@]12C. The fourth-order valence-corrected chi connectivity index (χ4v) is 8.77. The third-order valence-electron chi connectivity index (χ3n) is 10.8. The number of nitrogens with zero attached hydrogens (tertiary/aromatic N) is 1. The number of carboxylic acid groups (broad SMARTS) is 1. The highest BCUT2D eigenvalue weighted by Crippen LogP contribution is 2.66. The fourth-order valence-electron chi connectivity index (χ4n) is 8.77. The number of ketones is 1. The van der Waals surface area contributed by atoms with Crippen LogP contribution in [0, 0.1) is 34.5 Å². The van der Waals surface area contributed by atoms with E-state index in [2.05, 4.69) is 30.4 Å². The molecule has 1 aromatic carbocycles. The lowest BCUT2D eigenvalue weighted by molar-refractivity contribution is -0.142. The Hall–Kier alpha value is -2.96. The molecule has 3 fully saturated rings. The van der Waals surface area contributed by atoms with Crippen LogP contribution in [-0.4, -0.2) is 41.1 Å². The number of nitrogens with one attached hydrogen (secondary N) is 1. The van der Waals surface area contributed by atoms with E-state index in [4.69, 9.17) is 4.84 Å². The average Bonchev–Trinajstić information content (AvgIpc) is 3.26. The summed E-state index contributed by atoms with van der Waals surface area (Å²) in [5, 5.41) is 16.3. The minimum absolute atomic E-state index is 0.154. The van der Waals surface area contributed by atoms with Gasteiger partial charge in [0.1, 0.15) is 11.8 Å². The molecule has 1 amide bonds. The first-order chi connectivity index (χ1) is 18.6. The number of hydrogen-bond donors (Lipinski definition) is 2. The van der Waals surface area contributed by atoms with Crippen LogP contribution in [0.3, 0.4) is 0 Å². The highest BCUT2D eigenvalue weighted by molar-refractivity contribution is 5.96. The Kier molecular flexibility index (Phi) is 7.71. The van der Waals surface area contributed by atoms with Crippen LogP contribution in [0.25, 0.3) is 0 Å². The molecule has 4 aliphatic carbocycles. The predicted molar refractivity (Wildman–Crippen MR) is 149 cm³/mol. The topological polar surface area (TPSA) is 105 Å². The van der Waals surface area contributed by atoms with Crippen molar-refractivity contribution in [1.29, 1.82) is 0 Å². The second-order valence-electron chi connectivity index (χ2n) is 12.8. The van der Waals surface area contributed by atoms with Crippen molar-refractivity contribution in [2.45, 2.75) is 84.6 Å². The van der Waals surface area contributed by atoms with Crippen molar-refractivity contribution < 1.29 is 24.3 Å². The highest BCUT2D eigenvalue weighted by atomic mass is 16.6. The first-order valence-corrected chi connectivity index (χ1v) is 14.6.